The Morgan fingerprint density at radius 2 is 1.95 bits per heavy atom. The molecule has 2 aliphatic heterocycles. The molecule has 0 spiro atoms. The van der Waals surface area contributed by atoms with Crippen LogP contribution in [-0.2, 0) is 9.59 Å². The van der Waals surface area contributed by atoms with Gasteiger partial charge in [-0.1, -0.05) is 6.07 Å². The topological polar surface area (TPSA) is 52.7 Å². The van der Waals surface area contributed by atoms with E-state index in [0.29, 0.717) is 0 Å². The minimum absolute atomic E-state index is 0.122. The number of hydrogen-bond donors (Lipinski definition) is 1. The van der Waals surface area contributed by atoms with Gasteiger partial charge >= 0.3 is 0 Å². The van der Waals surface area contributed by atoms with E-state index in [2.05, 4.69) is 22.3 Å². The molecule has 0 aliphatic carbocycles. The third kappa shape index (κ3) is 2.35. The van der Waals surface area contributed by atoms with E-state index in [4.69, 9.17) is 0 Å². The van der Waals surface area contributed by atoms with Gasteiger partial charge in [-0.25, -0.2) is 0 Å². The van der Waals surface area contributed by atoms with Crippen molar-refractivity contribution in [1.82, 2.24) is 4.90 Å². The second-order valence-electron chi connectivity index (χ2n) is 5.44. The number of carbonyl (C=O) groups is 2. The lowest BCUT2D eigenvalue weighted by Crippen LogP contribution is -2.31. The molecule has 0 aromatic heterocycles. The molecule has 0 saturated carbocycles. The Labute approximate surface area is 118 Å². The first kappa shape index (κ1) is 13.0. The number of carbonyl (C=O) groups excluding carboxylic acids is 2. The third-order valence-corrected chi connectivity index (χ3v) is 4.04. The summed E-state index contributed by atoms with van der Waals surface area (Å²) in [5, 5.41) is 3.18. The van der Waals surface area contributed by atoms with Gasteiger partial charge in [0.2, 0.25) is 5.91 Å². The Morgan fingerprint density at radius 3 is 2.60 bits per heavy atom. The van der Waals surface area contributed by atoms with Gasteiger partial charge in [0.1, 0.15) is 6.04 Å². The molecule has 2 heterocycles. The fraction of sp³-hybridized carbons (Fsp3) is 0.467. The predicted molar refractivity (Wildman–Crippen MR) is 77.7 cm³/mol. The first-order valence-electron chi connectivity index (χ1n) is 7.07. The first-order valence-corrected chi connectivity index (χ1v) is 7.07. The summed E-state index contributed by atoms with van der Waals surface area (Å²) >= 11 is 0. The third-order valence-electron chi connectivity index (χ3n) is 4.04. The fourth-order valence-electron chi connectivity index (χ4n) is 2.84. The van der Waals surface area contributed by atoms with Crippen molar-refractivity contribution in [3.63, 3.8) is 0 Å². The molecule has 1 aromatic rings. The smallest absolute Gasteiger partial charge is 0.251 e. The molecule has 106 valence electrons. The van der Waals surface area contributed by atoms with Crippen LogP contribution in [0.3, 0.4) is 0 Å². The van der Waals surface area contributed by atoms with Gasteiger partial charge in [0, 0.05) is 31.5 Å². The van der Waals surface area contributed by atoms with Crippen LogP contribution in [0.2, 0.25) is 0 Å². The summed E-state index contributed by atoms with van der Waals surface area (Å²) < 4.78 is 0. The lowest BCUT2D eigenvalue weighted by Gasteiger charge is -2.19. The number of amides is 2. The molecule has 2 amide bonds. The highest BCUT2D eigenvalue weighted by molar-refractivity contribution is 6.06. The van der Waals surface area contributed by atoms with E-state index >= 15 is 0 Å². The van der Waals surface area contributed by atoms with E-state index in [9.17, 15) is 9.59 Å². The minimum Gasteiger partial charge on any atom is -0.373 e. The van der Waals surface area contributed by atoms with Gasteiger partial charge in [-0.3, -0.25) is 14.5 Å². The maximum Gasteiger partial charge on any atom is 0.251 e. The van der Waals surface area contributed by atoms with Crippen LogP contribution in [0.1, 0.15) is 19.3 Å². The van der Waals surface area contributed by atoms with Crippen molar-refractivity contribution in [3.05, 3.63) is 24.3 Å². The van der Waals surface area contributed by atoms with Crippen molar-refractivity contribution < 1.29 is 9.59 Å². The quantitative estimate of drug-likeness (QED) is 0.847. The normalized spacial score (nSPS) is 22.8. The molecular formula is C15H19N3O2. The number of nitrogens with zero attached hydrogens (tertiary/aromatic N) is 2. The monoisotopic (exact) mass is 273 g/mol. The summed E-state index contributed by atoms with van der Waals surface area (Å²) in [4.78, 5) is 27.0. The maximum absolute atomic E-state index is 11.9. The highest BCUT2D eigenvalue weighted by Crippen LogP contribution is 2.25. The molecule has 0 bridgehead atoms. The maximum atomic E-state index is 11.9. The van der Waals surface area contributed by atoms with Crippen molar-refractivity contribution in [2.45, 2.75) is 25.3 Å². The summed E-state index contributed by atoms with van der Waals surface area (Å²) in [5.74, 6) is -0.273. The molecule has 1 N–H and O–H groups in total. The molecule has 3 rings (SSSR count). The van der Waals surface area contributed by atoms with Crippen LogP contribution in [0.15, 0.2) is 24.3 Å². The zero-order chi connectivity index (χ0) is 14.1. The SMILES string of the molecule is CN1C(=O)CC(Nc2cccc(N3CCCC3)c2)C1=O. The van der Waals surface area contributed by atoms with Crippen LogP contribution in [0, 0.1) is 0 Å². The van der Waals surface area contributed by atoms with Crippen LogP contribution >= 0.6 is 0 Å². The molecule has 5 nitrogen and oxygen atoms in total. The van der Waals surface area contributed by atoms with Gasteiger partial charge in [0.15, 0.2) is 0 Å². The number of anilines is 2. The Hall–Kier alpha value is -2.04. The molecule has 0 radical (unpaired) electrons. The highest BCUT2D eigenvalue weighted by atomic mass is 16.2. The Bertz CT molecular complexity index is 538. The second kappa shape index (κ2) is 5.15. The largest absolute Gasteiger partial charge is 0.373 e. The van der Waals surface area contributed by atoms with E-state index in [1.807, 2.05) is 12.1 Å². The number of nitrogens with one attached hydrogen (secondary N) is 1. The summed E-state index contributed by atoms with van der Waals surface area (Å²) in [7, 11) is 1.53. The van der Waals surface area contributed by atoms with Crippen molar-refractivity contribution in [1.29, 1.82) is 0 Å². The van der Waals surface area contributed by atoms with E-state index in [0.717, 1.165) is 18.8 Å². The average molecular weight is 273 g/mol. The standard InChI is InChI=1S/C15H19N3O2/c1-17-14(19)10-13(15(17)20)16-11-5-4-6-12(9-11)18-7-2-3-8-18/h4-6,9,13,16H,2-3,7-8,10H2,1H3. The van der Waals surface area contributed by atoms with Crippen molar-refractivity contribution in [2.75, 3.05) is 30.4 Å². The summed E-state index contributed by atoms with van der Waals surface area (Å²) in [5.41, 5.74) is 2.08. The summed E-state index contributed by atoms with van der Waals surface area (Å²) in [6, 6.07) is 7.64. The number of imide groups is 1. The van der Waals surface area contributed by atoms with Crippen LogP contribution in [0.5, 0.6) is 0 Å². The summed E-state index contributed by atoms with van der Waals surface area (Å²) in [6.45, 7) is 2.18. The van der Waals surface area contributed by atoms with E-state index in [1.54, 1.807) is 0 Å². The lowest BCUT2D eigenvalue weighted by molar-refractivity contribution is -0.136. The van der Waals surface area contributed by atoms with Crippen molar-refractivity contribution in [3.8, 4) is 0 Å². The lowest BCUT2D eigenvalue weighted by atomic mass is 10.2. The molecule has 2 fully saturated rings. The fourth-order valence-corrected chi connectivity index (χ4v) is 2.84. The van der Waals surface area contributed by atoms with Crippen molar-refractivity contribution in [2.24, 2.45) is 0 Å². The number of hydrogen-bond acceptors (Lipinski definition) is 4. The van der Waals surface area contributed by atoms with Crippen LogP contribution in [0.25, 0.3) is 0 Å². The molecule has 1 unspecified atom stereocenters. The van der Waals surface area contributed by atoms with Crippen LogP contribution < -0.4 is 10.2 Å². The highest BCUT2D eigenvalue weighted by Gasteiger charge is 2.35. The molecule has 2 aliphatic rings. The van der Waals surface area contributed by atoms with E-state index < -0.39 is 6.04 Å². The van der Waals surface area contributed by atoms with Gasteiger partial charge in [-0.15, -0.1) is 0 Å². The van der Waals surface area contributed by atoms with E-state index in [1.165, 1.54) is 30.5 Å². The number of likely N-dealkylation sites (N-methyl/N-ethyl adjacent to an activating group) is 1. The zero-order valence-corrected chi connectivity index (χ0v) is 11.6. The second-order valence-corrected chi connectivity index (χ2v) is 5.44. The Kier molecular flexibility index (Phi) is 3.34. The van der Waals surface area contributed by atoms with Crippen LogP contribution in [-0.4, -0.2) is 42.9 Å². The minimum atomic E-state index is -0.429. The predicted octanol–water partition coefficient (Wildman–Crippen LogP) is 1.46. The van der Waals surface area contributed by atoms with Crippen LogP contribution in [0.4, 0.5) is 11.4 Å². The number of benzene rings is 1. The zero-order valence-electron chi connectivity index (χ0n) is 11.6. The van der Waals surface area contributed by atoms with Gasteiger partial charge in [0.25, 0.3) is 5.91 Å². The van der Waals surface area contributed by atoms with E-state index in [-0.39, 0.29) is 18.2 Å². The average Bonchev–Trinajstić information content (AvgIpc) is 3.06. The molecular weight excluding hydrogens is 254 g/mol. The summed E-state index contributed by atoms with van der Waals surface area (Å²) in [6.07, 6.45) is 2.71. The van der Waals surface area contributed by atoms with Gasteiger partial charge in [-0.2, -0.15) is 0 Å². The molecule has 1 aromatic carbocycles. The molecule has 2 saturated heterocycles. The van der Waals surface area contributed by atoms with Gasteiger partial charge < -0.3 is 10.2 Å². The Morgan fingerprint density at radius 1 is 1.20 bits per heavy atom. The van der Waals surface area contributed by atoms with Crippen molar-refractivity contribution >= 4 is 23.2 Å². The number of likely N-dealkylation sites (tertiary alicyclic amines) is 1. The molecule has 1 atom stereocenters. The number of rotatable bonds is 3. The van der Waals surface area contributed by atoms with Gasteiger partial charge in [-0.05, 0) is 31.0 Å². The first-order chi connectivity index (χ1) is 9.65. The molecule has 20 heavy (non-hydrogen) atoms. The molecule has 5 heteroatoms. The Balaban J connectivity index is 1.73. The van der Waals surface area contributed by atoms with Gasteiger partial charge in [0.05, 0.1) is 6.42 Å².